The van der Waals surface area contributed by atoms with Crippen LogP contribution < -0.4 is 9.78 Å². The number of rotatable bonds is 15. The molecule has 1 amide bonds. The van der Waals surface area contributed by atoms with Gasteiger partial charge >= 0.3 is 257 Å². The fraction of sp³-hybridized carbons (Fsp3) is 0.641. The number of carbonyl (C=O) groups excluding carboxylic acids is 2. The summed E-state index contributed by atoms with van der Waals surface area (Å²) < 4.78 is 56.1. The molecular formula is C39H55NO11Se. The molecule has 13 heteroatoms. The zero-order valence-corrected chi connectivity index (χ0v) is 33.2. The molecule has 3 aliphatic heterocycles. The van der Waals surface area contributed by atoms with E-state index in [9.17, 15) is 9.59 Å². The van der Waals surface area contributed by atoms with Crippen LogP contribution in [0.5, 0.6) is 0 Å². The second-order valence-electron chi connectivity index (χ2n) is 14.4. The molecule has 288 valence electrons. The summed E-state index contributed by atoms with van der Waals surface area (Å²) in [5, 5.41) is 3.89. The van der Waals surface area contributed by atoms with E-state index in [1.807, 2.05) is 25.1 Å². The normalized spacial score (nSPS) is 32.6. The van der Waals surface area contributed by atoms with Crippen molar-refractivity contribution < 1.29 is 52.2 Å². The van der Waals surface area contributed by atoms with Gasteiger partial charge in [-0.15, -0.1) is 0 Å². The van der Waals surface area contributed by atoms with E-state index in [1.165, 1.54) is 11.6 Å². The average molecular weight is 793 g/mol. The molecule has 0 unspecified atom stereocenters. The fourth-order valence-electron chi connectivity index (χ4n) is 7.56. The maximum atomic E-state index is 14.7. The zero-order chi connectivity index (χ0) is 37.5. The van der Waals surface area contributed by atoms with E-state index in [-0.39, 0.29) is 51.9 Å². The van der Waals surface area contributed by atoms with E-state index >= 15 is 0 Å². The van der Waals surface area contributed by atoms with Crippen molar-refractivity contribution >= 4 is 31.3 Å². The van der Waals surface area contributed by atoms with E-state index in [0.29, 0.717) is 25.0 Å². The monoisotopic (exact) mass is 793 g/mol. The van der Waals surface area contributed by atoms with Gasteiger partial charge in [-0.1, -0.05) is 13.8 Å². The molecule has 3 fully saturated rings. The van der Waals surface area contributed by atoms with E-state index in [2.05, 4.69) is 38.2 Å². The van der Waals surface area contributed by atoms with Crippen LogP contribution in [0, 0.1) is 17.3 Å². The molecule has 0 bridgehead atoms. The minimum Gasteiger partial charge on any atom is -0.379 e. The molecule has 1 N–H and O–H groups in total. The first kappa shape index (κ1) is 40.8. The number of fused-ring (bicyclic) bond motifs is 1. The molecule has 3 heterocycles. The van der Waals surface area contributed by atoms with Crippen molar-refractivity contribution in [3.8, 4) is 0 Å². The Hall–Kier alpha value is -2.42. The van der Waals surface area contributed by atoms with Crippen molar-refractivity contribution in [2.75, 3.05) is 41.8 Å². The Bertz CT molecular complexity index is 1430. The predicted molar refractivity (Wildman–Crippen MR) is 193 cm³/mol. The minimum absolute atomic E-state index is 0.112. The van der Waals surface area contributed by atoms with E-state index in [0.717, 1.165) is 5.32 Å². The Morgan fingerprint density at radius 2 is 1.65 bits per heavy atom. The topological polar surface area (TPSA) is 129 Å². The molecule has 5 rings (SSSR count). The van der Waals surface area contributed by atoms with E-state index in [1.54, 1.807) is 51.7 Å². The first-order valence-corrected chi connectivity index (χ1v) is 19.9. The third-order valence-corrected chi connectivity index (χ3v) is 13.4. The molecule has 3 saturated heterocycles. The third kappa shape index (κ3) is 9.09. The first-order valence-electron chi connectivity index (χ1n) is 17.9. The van der Waals surface area contributed by atoms with Crippen LogP contribution in [0.15, 0.2) is 60.7 Å². The van der Waals surface area contributed by atoms with Crippen molar-refractivity contribution in [2.45, 2.75) is 101 Å². The molecule has 0 radical (unpaired) electrons. The Morgan fingerprint density at radius 3 is 2.29 bits per heavy atom. The van der Waals surface area contributed by atoms with Gasteiger partial charge in [0, 0.05) is 21.3 Å². The van der Waals surface area contributed by atoms with Crippen molar-refractivity contribution in [2.24, 2.45) is 17.3 Å². The van der Waals surface area contributed by atoms with Crippen molar-refractivity contribution in [3.63, 3.8) is 0 Å². The minimum atomic E-state index is -1.58. The second-order valence-corrected chi connectivity index (χ2v) is 16.7. The summed E-state index contributed by atoms with van der Waals surface area (Å²) in [5.74, 6) is -2.62. The molecule has 2 aromatic carbocycles. The van der Waals surface area contributed by atoms with E-state index in [4.69, 9.17) is 42.6 Å². The number of amides is 1. The Balaban J connectivity index is 1.44. The molecule has 0 aromatic heterocycles. The molecule has 3 aliphatic rings. The maximum absolute atomic E-state index is 14.7. The smallest absolute Gasteiger partial charge is 0.379 e. The van der Waals surface area contributed by atoms with Crippen LogP contribution in [-0.4, -0.2) is 123 Å². The molecule has 0 spiro atoms. The van der Waals surface area contributed by atoms with Gasteiger partial charge in [-0.25, -0.2) is 0 Å². The van der Waals surface area contributed by atoms with Crippen LogP contribution in [0.3, 0.4) is 0 Å². The number of esters is 1. The van der Waals surface area contributed by atoms with Crippen LogP contribution in [0.25, 0.3) is 0 Å². The molecule has 12 nitrogen and oxygen atoms in total. The number of hydrogen-bond donors (Lipinski definition) is 1. The van der Waals surface area contributed by atoms with Gasteiger partial charge in [0.1, 0.15) is 0 Å². The van der Waals surface area contributed by atoms with Crippen molar-refractivity contribution in [3.05, 3.63) is 66.2 Å². The molecule has 0 saturated carbocycles. The summed E-state index contributed by atoms with van der Waals surface area (Å²) in [5.41, 5.74) is -0.207. The summed E-state index contributed by atoms with van der Waals surface area (Å²) in [6, 6.07) is 18.9. The van der Waals surface area contributed by atoms with Crippen molar-refractivity contribution in [1.29, 1.82) is 0 Å². The Labute approximate surface area is 313 Å². The zero-order valence-electron chi connectivity index (χ0n) is 31.5. The van der Waals surface area contributed by atoms with Gasteiger partial charge in [0.15, 0.2) is 0 Å². The number of ether oxygens (including phenoxy) is 9. The third-order valence-electron chi connectivity index (χ3n) is 10.9. The molecule has 2 aromatic rings. The summed E-state index contributed by atoms with van der Waals surface area (Å²) in [4.78, 5) is 28.3. The van der Waals surface area contributed by atoms with Crippen LogP contribution in [0.2, 0.25) is 5.32 Å². The van der Waals surface area contributed by atoms with Gasteiger partial charge in [-0.05, 0) is 0 Å². The summed E-state index contributed by atoms with van der Waals surface area (Å²) in [7, 11) is 6.39. The van der Waals surface area contributed by atoms with Gasteiger partial charge in [0.25, 0.3) is 0 Å². The van der Waals surface area contributed by atoms with Gasteiger partial charge < -0.3 is 9.47 Å². The van der Waals surface area contributed by atoms with E-state index < -0.39 is 53.7 Å². The number of benzene rings is 2. The Morgan fingerprint density at radius 1 is 0.962 bits per heavy atom. The average Bonchev–Trinajstić information content (AvgIpc) is 3.15. The van der Waals surface area contributed by atoms with Gasteiger partial charge in [-0.2, -0.15) is 0 Å². The molecule has 0 aliphatic carbocycles. The van der Waals surface area contributed by atoms with Gasteiger partial charge in [-0.3, -0.25) is 0 Å². The van der Waals surface area contributed by atoms with Gasteiger partial charge in [0.05, 0.1) is 12.7 Å². The number of nitrogens with one attached hydrogen (secondary N) is 1. The number of methoxy groups -OCH3 is 4. The second kappa shape index (κ2) is 18.3. The standard InChI is InChI=1S/C39H55NO11Se/c1-24-25(2)51-39(46-8,20-27(24)22-52-29-17-13-10-14-18-29)34(50-37(42)26-15-11-9-12-16-26)35(41)40-36-32-31(47-23-48-36)33(45-7)38(3,4)30(49-32)19-28(44-6)21-43-5/h9-18,24-25,27-28,30-34,36H,19-23H2,1-8H3,(H,40,41)/t24-,25+,27-,28-,30+,31-,32-,33+,34-,36-,39+/m0/s1. The van der Waals surface area contributed by atoms with Crippen LogP contribution >= 0.6 is 0 Å². The van der Waals surface area contributed by atoms with Crippen LogP contribution in [-0.2, 0) is 47.4 Å². The van der Waals surface area contributed by atoms with Crippen molar-refractivity contribution in [1.82, 2.24) is 5.32 Å². The number of carbonyl (C=O) groups is 2. The summed E-state index contributed by atoms with van der Waals surface area (Å²) in [6.07, 6.45) is -4.30. The fourth-order valence-corrected chi connectivity index (χ4v) is 10.0. The SMILES string of the molecule is COC[C@H](C[C@H]1O[C@H]2[C@H](OCO[C@@H]2NC(=O)[C@H](OC(=O)c2ccccc2)[C@@]2(OC)C[C@@H](C[Se]c3ccccc3)[C@@H](C)[C@@H](C)O2)[C@@H](OC)C1(C)C)OC. The molecule has 11 atom stereocenters. The Kier molecular flexibility index (Phi) is 14.3. The van der Waals surface area contributed by atoms with Gasteiger partial charge in [0.2, 0.25) is 0 Å². The molecule has 52 heavy (non-hydrogen) atoms. The molecular weight excluding hydrogens is 737 g/mol. The first-order chi connectivity index (χ1) is 25.0. The number of hydrogen-bond acceptors (Lipinski definition) is 11. The predicted octanol–water partition coefficient (Wildman–Crippen LogP) is 3.74. The summed E-state index contributed by atoms with van der Waals surface area (Å²) >= 11 is 0.172. The summed E-state index contributed by atoms with van der Waals surface area (Å²) in [6.45, 7) is 8.52. The quantitative estimate of drug-likeness (QED) is 0.209. The van der Waals surface area contributed by atoms with Crippen LogP contribution in [0.4, 0.5) is 0 Å². The van der Waals surface area contributed by atoms with Crippen LogP contribution in [0.1, 0.15) is 50.9 Å².